The van der Waals surface area contributed by atoms with Crippen molar-refractivity contribution in [1.82, 2.24) is 4.57 Å². The summed E-state index contributed by atoms with van der Waals surface area (Å²) in [5.41, 5.74) is 1.46. The summed E-state index contributed by atoms with van der Waals surface area (Å²) < 4.78 is 12.6. The number of aliphatic hydroxyl groups excluding tert-OH is 1. The molecule has 1 N–H and O–H groups in total. The van der Waals surface area contributed by atoms with E-state index in [0.717, 1.165) is 30.3 Å². The van der Waals surface area contributed by atoms with Gasteiger partial charge in [0.05, 0.1) is 11.1 Å². The Kier molecular flexibility index (Phi) is 3.63. The Morgan fingerprint density at radius 1 is 1.48 bits per heavy atom. The third-order valence-electron chi connectivity index (χ3n) is 4.28. The van der Waals surface area contributed by atoms with Crippen LogP contribution in [0.15, 0.2) is 27.4 Å². The topological polar surface area (TPSA) is 64.6 Å². The first-order chi connectivity index (χ1) is 10.0. The van der Waals surface area contributed by atoms with Crippen LogP contribution in [0, 0.1) is 0 Å². The molecule has 2 unspecified atom stereocenters. The van der Waals surface area contributed by atoms with E-state index in [0.29, 0.717) is 18.7 Å². The molecule has 2 atom stereocenters. The summed E-state index contributed by atoms with van der Waals surface area (Å²) >= 11 is 0. The minimum Gasteiger partial charge on any atom is -0.408 e. The van der Waals surface area contributed by atoms with Crippen molar-refractivity contribution in [2.75, 3.05) is 6.61 Å². The molecule has 0 saturated carbocycles. The van der Waals surface area contributed by atoms with E-state index in [2.05, 4.69) is 0 Å². The van der Waals surface area contributed by atoms with E-state index in [9.17, 15) is 9.90 Å². The Hall–Kier alpha value is -1.59. The third kappa shape index (κ3) is 2.40. The molecule has 0 aliphatic carbocycles. The van der Waals surface area contributed by atoms with E-state index < -0.39 is 11.7 Å². The molecular formula is C16H21NO4. The fourth-order valence-corrected chi connectivity index (χ4v) is 3.06. The van der Waals surface area contributed by atoms with Gasteiger partial charge in [0, 0.05) is 13.2 Å². The maximum absolute atomic E-state index is 11.8. The van der Waals surface area contributed by atoms with Crippen LogP contribution in [0.4, 0.5) is 0 Å². The standard InChI is InChI=1S/C16H21NO4/c1-3-8-17-12-6-5-11(10-13(12)21-15(17)19)14(18)16(2)7-4-9-20-16/h5-6,10,14,18H,3-4,7-9H2,1-2H3. The summed E-state index contributed by atoms with van der Waals surface area (Å²) in [4.78, 5) is 11.8. The van der Waals surface area contributed by atoms with Gasteiger partial charge in [0.1, 0.15) is 6.10 Å². The predicted molar refractivity (Wildman–Crippen MR) is 79.3 cm³/mol. The number of oxazole rings is 1. The molecule has 1 saturated heterocycles. The van der Waals surface area contributed by atoms with Crippen LogP contribution >= 0.6 is 0 Å². The molecule has 0 bridgehead atoms. The number of benzene rings is 1. The highest BCUT2D eigenvalue weighted by Gasteiger charge is 2.38. The van der Waals surface area contributed by atoms with Gasteiger partial charge in [-0.2, -0.15) is 0 Å². The monoisotopic (exact) mass is 291 g/mol. The van der Waals surface area contributed by atoms with Gasteiger partial charge in [-0.1, -0.05) is 13.0 Å². The largest absolute Gasteiger partial charge is 0.419 e. The number of aryl methyl sites for hydroxylation is 1. The van der Waals surface area contributed by atoms with Crippen LogP contribution in [0.3, 0.4) is 0 Å². The van der Waals surface area contributed by atoms with Crippen LogP contribution in [0.1, 0.15) is 44.8 Å². The normalized spacial score (nSPS) is 23.8. The van der Waals surface area contributed by atoms with Gasteiger partial charge in [0.15, 0.2) is 5.58 Å². The number of fused-ring (bicyclic) bond motifs is 1. The van der Waals surface area contributed by atoms with E-state index in [4.69, 9.17) is 9.15 Å². The SMILES string of the molecule is CCCn1c(=O)oc2cc(C(O)C3(C)CCCO3)ccc21. The second-order valence-electron chi connectivity index (χ2n) is 5.91. The second-order valence-corrected chi connectivity index (χ2v) is 5.91. The Morgan fingerprint density at radius 3 is 2.95 bits per heavy atom. The van der Waals surface area contributed by atoms with Crippen LogP contribution in [-0.2, 0) is 11.3 Å². The number of ether oxygens (including phenoxy) is 1. The van der Waals surface area contributed by atoms with Crippen LogP contribution in [-0.4, -0.2) is 21.9 Å². The van der Waals surface area contributed by atoms with Crippen LogP contribution in [0.25, 0.3) is 11.1 Å². The zero-order chi connectivity index (χ0) is 15.0. The van der Waals surface area contributed by atoms with E-state index in [1.165, 1.54) is 0 Å². The molecule has 2 aromatic rings. The Balaban J connectivity index is 2.00. The van der Waals surface area contributed by atoms with Gasteiger partial charge in [0.2, 0.25) is 0 Å². The first-order valence-electron chi connectivity index (χ1n) is 7.50. The minimum absolute atomic E-state index is 0.346. The summed E-state index contributed by atoms with van der Waals surface area (Å²) in [5, 5.41) is 10.6. The van der Waals surface area contributed by atoms with Crippen molar-refractivity contribution in [2.45, 2.75) is 51.4 Å². The second kappa shape index (κ2) is 5.31. The molecule has 0 radical (unpaired) electrons. The average Bonchev–Trinajstić information content (AvgIpc) is 3.04. The quantitative estimate of drug-likeness (QED) is 0.940. The van der Waals surface area contributed by atoms with Crippen molar-refractivity contribution in [3.8, 4) is 0 Å². The summed E-state index contributed by atoms with van der Waals surface area (Å²) in [6.45, 7) is 5.25. The number of aromatic nitrogens is 1. The Labute approximate surface area is 123 Å². The third-order valence-corrected chi connectivity index (χ3v) is 4.28. The minimum atomic E-state index is -0.718. The summed E-state index contributed by atoms with van der Waals surface area (Å²) in [7, 11) is 0. The highest BCUT2D eigenvalue weighted by molar-refractivity contribution is 5.74. The molecule has 1 aromatic carbocycles. The number of aliphatic hydroxyl groups is 1. The van der Waals surface area contributed by atoms with Crippen LogP contribution < -0.4 is 5.76 Å². The summed E-state index contributed by atoms with van der Waals surface area (Å²) in [5.74, 6) is -0.346. The molecule has 0 amide bonds. The number of nitrogens with zero attached hydrogens (tertiary/aromatic N) is 1. The van der Waals surface area contributed by atoms with E-state index in [1.54, 1.807) is 10.6 Å². The Morgan fingerprint density at radius 2 is 2.29 bits per heavy atom. The van der Waals surface area contributed by atoms with Crippen molar-refractivity contribution in [3.63, 3.8) is 0 Å². The summed E-state index contributed by atoms with van der Waals surface area (Å²) in [6.07, 6.45) is 1.93. The molecule has 5 heteroatoms. The van der Waals surface area contributed by atoms with Crippen molar-refractivity contribution < 1.29 is 14.3 Å². The van der Waals surface area contributed by atoms with Gasteiger partial charge in [-0.3, -0.25) is 4.57 Å². The van der Waals surface area contributed by atoms with Crippen molar-refractivity contribution in [1.29, 1.82) is 0 Å². The van der Waals surface area contributed by atoms with E-state index in [-0.39, 0.29) is 5.76 Å². The molecule has 1 aliphatic heterocycles. The molecule has 3 rings (SSSR count). The highest BCUT2D eigenvalue weighted by Crippen LogP contribution is 2.37. The first-order valence-corrected chi connectivity index (χ1v) is 7.50. The number of rotatable bonds is 4. The molecule has 5 nitrogen and oxygen atoms in total. The Bertz CT molecular complexity index is 694. The molecule has 0 spiro atoms. The van der Waals surface area contributed by atoms with Gasteiger partial charge >= 0.3 is 5.76 Å². The van der Waals surface area contributed by atoms with Gasteiger partial charge in [-0.25, -0.2) is 4.79 Å². The lowest BCUT2D eigenvalue weighted by atomic mass is 9.90. The summed E-state index contributed by atoms with van der Waals surface area (Å²) in [6, 6.07) is 5.44. The molecule has 114 valence electrons. The molecule has 1 aliphatic rings. The smallest absolute Gasteiger partial charge is 0.408 e. The van der Waals surface area contributed by atoms with Gasteiger partial charge in [-0.15, -0.1) is 0 Å². The fourth-order valence-electron chi connectivity index (χ4n) is 3.06. The first kappa shape index (κ1) is 14.4. The van der Waals surface area contributed by atoms with Gasteiger partial charge in [0.25, 0.3) is 0 Å². The molecule has 1 fully saturated rings. The maximum atomic E-state index is 11.8. The zero-order valence-electron chi connectivity index (χ0n) is 12.5. The lowest BCUT2D eigenvalue weighted by Crippen LogP contribution is -2.31. The molecule has 21 heavy (non-hydrogen) atoms. The predicted octanol–water partition coefficient (Wildman–Crippen LogP) is 2.61. The fraction of sp³-hybridized carbons (Fsp3) is 0.562. The number of hydrogen-bond donors (Lipinski definition) is 1. The zero-order valence-corrected chi connectivity index (χ0v) is 12.5. The molecule has 1 aromatic heterocycles. The van der Waals surface area contributed by atoms with Crippen molar-refractivity contribution in [2.24, 2.45) is 0 Å². The number of hydrogen-bond acceptors (Lipinski definition) is 4. The average molecular weight is 291 g/mol. The lowest BCUT2D eigenvalue weighted by molar-refractivity contribution is -0.0795. The molecule has 2 heterocycles. The molecular weight excluding hydrogens is 270 g/mol. The highest BCUT2D eigenvalue weighted by atomic mass is 16.5. The van der Waals surface area contributed by atoms with Gasteiger partial charge in [-0.05, 0) is 43.9 Å². The lowest BCUT2D eigenvalue weighted by Gasteiger charge is -2.29. The van der Waals surface area contributed by atoms with Crippen LogP contribution in [0.2, 0.25) is 0 Å². The van der Waals surface area contributed by atoms with Crippen molar-refractivity contribution in [3.05, 3.63) is 34.3 Å². The van der Waals surface area contributed by atoms with E-state index >= 15 is 0 Å². The van der Waals surface area contributed by atoms with Gasteiger partial charge < -0.3 is 14.3 Å². The maximum Gasteiger partial charge on any atom is 0.419 e. The van der Waals surface area contributed by atoms with E-state index in [1.807, 2.05) is 26.0 Å². The van der Waals surface area contributed by atoms with Crippen LogP contribution in [0.5, 0.6) is 0 Å². The van der Waals surface area contributed by atoms with Crippen molar-refractivity contribution >= 4 is 11.1 Å².